The molecule has 0 fully saturated rings. The van der Waals surface area contributed by atoms with Crippen LogP contribution in [0.15, 0.2) is 63.7 Å². The van der Waals surface area contributed by atoms with Crippen LogP contribution in [-0.2, 0) is 0 Å². The van der Waals surface area contributed by atoms with Gasteiger partial charge in [-0.25, -0.2) is 0 Å². The summed E-state index contributed by atoms with van der Waals surface area (Å²) in [4.78, 5) is 13.0. The molecule has 0 atom stereocenters. The van der Waals surface area contributed by atoms with E-state index in [-0.39, 0.29) is 21.9 Å². The highest BCUT2D eigenvalue weighted by atomic mass is 32.1. The molecule has 3 heterocycles. The lowest BCUT2D eigenvalue weighted by atomic mass is 10.1. The first-order chi connectivity index (χ1) is 13.2. The van der Waals surface area contributed by atoms with Gasteiger partial charge in [-0.2, -0.15) is 5.26 Å². The molecule has 8 heteroatoms. The van der Waals surface area contributed by atoms with E-state index >= 15 is 0 Å². The molecule has 0 saturated carbocycles. The molecule has 0 spiro atoms. The van der Waals surface area contributed by atoms with Gasteiger partial charge in [0.1, 0.15) is 27.2 Å². The summed E-state index contributed by atoms with van der Waals surface area (Å²) in [5, 5.41) is 16.7. The number of nitrogens with one attached hydrogen (secondary N) is 1. The van der Waals surface area contributed by atoms with E-state index in [1.807, 2.05) is 36.4 Å². The van der Waals surface area contributed by atoms with Gasteiger partial charge >= 0.3 is 0 Å². The van der Waals surface area contributed by atoms with Crippen molar-refractivity contribution in [3.05, 3.63) is 71.0 Å². The molecule has 0 bridgehead atoms. The fourth-order valence-electron chi connectivity index (χ4n) is 2.51. The van der Waals surface area contributed by atoms with Crippen LogP contribution in [0.1, 0.15) is 21.0 Å². The standard InChI is InChI=1S/C19H12N4O3S/c20-10-12-16(21)18(27-19(12)22-15-7-4-8-25-15)17(24)14-9-13(23-26-14)11-5-2-1-3-6-11/h1-9,22H,21H2. The summed E-state index contributed by atoms with van der Waals surface area (Å²) >= 11 is 1.06. The van der Waals surface area contributed by atoms with Crippen LogP contribution in [0.25, 0.3) is 11.3 Å². The maximum absolute atomic E-state index is 12.8. The molecular formula is C19H12N4O3S. The van der Waals surface area contributed by atoms with Gasteiger partial charge in [0, 0.05) is 17.7 Å². The smallest absolute Gasteiger partial charge is 0.243 e. The number of aromatic nitrogens is 1. The highest BCUT2D eigenvalue weighted by Gasteiger charge is 2.25. The minimum atomic E-state index is -0.434. The monoisotopic (exact) mass is 376 g/mol. The first-order valence-corrected chi connectivity index (χ1v) is 8.68. The van der Waals surface area contributed by atoms with E-state index in [4.69, 9.17) is 14.7 Å². The van der Waals surface area contributed by atoms with Crippen LogP contribution in [-0.4, -0.2) is 10.9 Å². The Morgan fingerprint density at radius 2 is 2.04 bits per heavy atom. The Morgan fingerprint density at radius 1 is 1.22 bits per heavy atom. The summed E-state index contributed by atoms with van der Waals surface area (Å²) < 4.78 is 10.4. The molecule has 27 heavy (non-hydrogen) atoms. The van der Waals surface area contributed by atoms with Crippen molar-refractivity contribution in [2.75, 3.05) is 11.1 Å². The number of thiophene rings is 1. The van der Waals surface area contributed by atoms with Gasteiger partial charge in [0.2, 0.25) is 11.5 Å². The first kappa shape index (κ1) is 16.6. The zero-order valence-electron chi connectivity index (χ0n) is 13.8. The number of hydrogen-bond donors (Lipinski definition) is 2. The zero-order chi connectivity index (χ0) is 18.8. The number of nitrogens with two attached hydrogens (primary N) is 1. The van der Waals surface area contributed by atoms with Gasteiger partial charge in [-0.3, -0.25) is 4.79 Å². The molecule has 1 aromatic carbocycles. The van der Waals surface area contributed by atoms with Crippen molar-refractivity contribution in [3.8, 4) is 17.3 Å². The molecule has 3 N–H and O–H groups in total. The number of benzene rings is 1. The molecule has 4 rings (SSSR count). The van der Waals surface area contributed by atoms with Gasteiger partial charge < -0.3 is 20.0 Å². The van der Waals surface area contributed by atoms with Crippen molar-refractivity contribution in [1.82, 2.24) is 5.16 Å². The number of nitriles is 1. The van der Waals surface area contributed by atoms with Crippen molar-refractivity contribution in [3.63, 3.8) is 0 Å². The van der Waals surface area contributed by atoms with Crippen molar-refractivity contribution in [2.24, 2.45) is 0 Å². The molecule has 0 unspecified atom stereocenters. The van der Waals surface area contributed by atoms with E-state index in [2.05, 4.69) is 10.5 Å². The largest absolute Gasteiger partial charge is 0.449 e. The maximum atomic E-state index is 12.8. The second-order valence-corrected chi connectivity index (χ2v) is 6.56. The van der Waals surface area contributed by atoms with E-state index in [0.717, 1.165) is 16.9 Å². The molecule has 132 valence electrons. The number of nitrogens with zero attached hydrogens (tertiary/aromatic N) is 2. The highest BCUT2D eigenvalue weighted by molar-refractivity contribution is 7.19. The lowest BCUT2D eigenvalue weighted by molar-refractivity contribution is 0.100. The molecule has 0 aliphatic heterocycles. The minimum Gasteiger partial charge on any atom is -0.449 e. The number of carbonyl (C=O) groups is 1. The molecule has 0 amide bonds. The third kappa shape index (κ3) is 3.07. The third-order valence-corrected chi connectivity index (χ3v) is 4.94. The lowest BCUT2D eigenvalue weighted by Gasteiger charge is -1.98. The number of rotatable bonds is 5. The molecule has 7 nitrogen and oxygen atoms in total. The Labute approximate surface area is 157 Å². The van der Waals surface area contributed by atoms with Gasteiger partial charge in [-0.1, -0.05) is 35.5 Å². The van der Waals surface area contributed by atoms with E-state index in [9.17, 15) is 10.1 Å². The maximum Gasteiger partial charge on any atom is 0.243 e. The van der Waals surface area contributed by atoms with Gasteiger partial charge in [-0.05, 0) is 6.07 Å². The fourth-order valence-corrected chi connectivity index (χ4v) is 3.53. The van der Waals surface area contributed by atoms with Crippen molar-refractivity contribution < 1.29 is 13.7 Å². The van der Waals surface area contributed by atoms with Gasteiger partial charge in [0.25, 0.3) is 0 Å². The second kappa shape index (κ2) is 6.82. The van der Waals surface area contributed by atoms with Crippen molar-refractivity contribution >= 4 is 33.7 Å². The van der Waals surface area contributed by atoms with Gasteiger partial charge in [0.15, 0.2) is 5.88 Å². The van der Waals surface area contributed by atoms with Crippen LogP contribution in [0.5, 0.6) is 0 Å². The van der Waals surface area contributed by atoms with E-state index in [1.54, 1.807) is 18.2 Å². The van der Waals surface area contributed by atoms with Crippen molar-refractivity contribution in [1.29, 1.82) is 5.26 Å². The number of anilines is 3. The predicted molar refractivity (Wildman–Crippen MR) is 101 cm³/mol. The quantitative estimate of drug-likeness (QED) is 0.495. The van der Waals surface area contributed by atoms with Crippen LogP contribution in [0, 0.1) is 11.3 Å². The molecule has 0 aliphatic carbocycles. The summed E-state index contributed by atoms with van der Waals surface area (Å²) in [6, 6.07) is 16.3. The molecule has 0 aliphatic rings. The van der Waals surface area contributed by atoms with Crippen LogP contribution in [0.2, 0.25) is 0 Å². The lowest BCUT2D eigenvalue weighted by Crippen LogP contribution is -2.01. The number of nitrogen functional groups attached to an aromatic ring is 1. The Bertz CT molecular complexity index is 1140. The average molecular weight is 376 g/mol. The summed E-state index contributed by atoms with van der Waals surface area (Å²) in [7, 11) is 0. The summed E-state index contributed by atoms with van der Waals surface area (Å²) in [6.07, 6.45) is 1.50. The van der Waals surface area contributed by atoms with E-state index in [1.165, 1.54) is 6.26 Å². The zero-order valence-corrected chi connectivity index (χ0v) is 14.6. The third-order valence-electron chi connectivity index (χ3n) is 3.82. The topological polar surface area (TPSA) is 118 Å². The predicted octanol–water partition coefficient (Wildman–Crippen LogP) is 4.42. The molecule has 4 aromatic rings. The second-order valence-electron chi connectivity index (χ2n) is 5.53. The summed E-state index contributed by atoms with van der Waals surface area (Å²) in [5.41, 5.74) is 7.69. The molecule has 0 saturated heterocycles. The average Bonchev–Trinajstić information content (AvgIpc) is 3.43. The number of carbonyl (C=O) groups excluding carboxylic acids is 1. The van der Waals surface area contributed by atoms with Gasteiger partial charge in [0.05, 0.1) is 12.0 Å². The highest BCUT2D eigenvalue weighted by Crippen LogP contribution is 2.38. The molecule has 3 aromatic heterocycles. The summed E-state index contributed by atoms with van der Waals surface area (Å²) in [6.45, 7) is 0. The van der Waals surface area contributed by atoms with Crippen LogP contribution < -0.4 is 11.1 Å². The van der Waals surface area contributed by atoms with Gasteiger partial charge in [-0.15, -0.1) is 11.3 Å². The molecular weight excluding hydrogens is 364 g/mol. The number of ketones is 1. The Balaban J connectivity index is 1.67. The first-order valence-electron chi connectivity index (χ1n) is 7.87. The normalized spacial score (nSPS) is 10.5. The number of hydrogen-bond acceptors (Lipinski definition) is 8. The minimum absolute atomic E-state index is 0.0517. The van der Waals surface area contributed by atoms with Crippen molar-refractivity contribution in [2.45, 2.75) is 0 Å². The number of furan rings is 1. The van der Waals surface area contributed by atoms with E-state index in [0.29, 0.717) is 16.6 Å². The fraction of sp³-hybridized carbons (Fsp3) is 0. The summed E-state index contributed by atoms with van der Waals surface area (Å²) in [5.74, 6) is 0.0600. The Hall–Kier alpha value is -3.83. The Morgan fingerprint density at radius 3 is 2.74 bits per heavy atom. The van der Waals surface area contributed by atoms with E-state index < -0.39 is 5.78 Å². The SMILES string of the molecule is N#Cc1c(Nc2ccco2)sc(C(=O)c2cc(-c3ccccc3)no2)c1N. The van der Waals surface area contributed by atoms with Crippen LogP contribution in [0.3, 0.4) is 0 Å². The van der Waals surface area contributed by atoms with Crippen LogP contribution >= 0.6 is 11.3 Å². The Kier molecular flexibility index (Phi) is 4.20. The molecule has 0 radical (unpaired) electrons. The van der Waals surface area contributed by atoms with Crippen LogP contribution in [0.4, 0.5) is 16.6 Å².